The summed E-state index contributed by atoms with van der Waals surface area (Å²) in [4.78, 5) is 0. The molecule has 92 valence electrons. The molecule has 0 atom stereocenters. The zero-order valence-electron chi connectivity index (χ0n) is 10.9. The fraction of sp³-hybridized carbons (Fsp3) is 0.176. The van der Waals surface area contributed by atoms with Gasteiger partial charge in [0, 0.05) is 0 Å². The van der Waals surface area contributed by atoms with E-state index >= 15 is 0 Å². The van der Waals surface area contributed by atoms with Crippen molar-refractivity contribution in [3.63, 3.8) is 0 Å². The first kappa shape index (κ1) is 12.4. The van der Waals surface area contributed by atoms with Crippen molar-refractivity contribution >= 4 is 5.57 Å². The van der Waals surface area contributed by atoms with Crippen LogP contribution >= 0.6 is 0 Å². The molecular formula is C17H18O. The molecule has 1 nitrogen and oxygen atoms in total. The van der Waals surface area contributed by atoms with Gasteiger partial charge in [-0.3, -0.25) is 0 Å². The molecule has 0 saturated carbocycles. The molecule has 0 N–H and O–H groups in total. The van der Waals surface area contributed by atoms with Gasteiger partial charge in [-0.25, -0.2) is 0 Å². The smallest absolute Gasteiger partial charge is 0.119 e. The zero-order valence-corrected chi connectivity index (χ0v) is 10.9. The summed E-state index contributed by atoms with van der Waals surface area (Å²) in [6, 6.07) is 18.3. The monoisotopic (exact) mass is 238 g/mol. The Morgan fingerprint density at radius 3 is 2.00 bits per heavy atom. The maximum Gasteiger partial charge on any atom is 0.119 e. The van der Waals surface area contributed by atoms with Crippen molar-refractivity contribution in [3.05, 3.63) is 72.3 Å². The predicted octanol–water partition coefficient (Wildman–Crippen LogP) is 4.54. The largest absolute Gasteiger partial charge is 0.491 e. The van der Waals surface area contributed by atoms with Crippen molar-refractivity contribution < 1.29 is 4.74 Å². The maximum atomic E-state index is 5.62. The lowest BCUT2D eigenvalue weighted by atomic mass is 10.00. The molecule has 0 spiro atoms. The first-order valence-electron chi connectivity index (χ1n) is 6.18. The van der Waals surface area contributed by atoms with Gasteiger partial charge < -0.3 is 4.74 Å². The summed E-state index contributed by atoms with van der Waals surface area (Å²) in [6.07, 6.45) is 0.202. The van der Waals surface area contributed by atoms with Gasteiger partial charge in [-0.05, 0) is 42.7 Å². The summed E-state index contributed by atoms with van der Waals surface area (Å²) >= 11 is 0. The van der Waals surface area contributed by atoms with Gasteiger partial charge in [-0.15, -0.1) is 0 Å². The molecule has 0 aliphatic heterocycles. The zero-order chi connectivity index (χ0) is 13.0. The van der Waals surface area contributed by atoms with E-state index < -0.39 is 0 Å². The van der Waals surface area contributed by atoms with Gasteiger partial charge >= 0.3 is 0 Å². The van der Waals surface area contributed by atoms with Crippen molar-refractivity contribution in [3.8, 4) is 5.75 Å². The summed E-state index contributed by atoms with van der Waals surface area (Å²) in [5.74, 6) is 0.898. The minimum Gasteiger partial charge on any atom is -0.491 e. The second kappa shape index (κ2) is 5.54. The van der Waals surface area contributed by atoms with Gasteiger partial charge in [0.25, 0.3) is 0 Å². The van der Waals surface area contributed by atoms with E-state index in [0.717, 1.165) is 22.4 Å². The van der Waals surface area contributed by atoms with Crippen molar-refractivity contribution in [2.75, 3.05) is 0 Å². The summed E-state index contributed by atoms with van der Waals surface area (Å²) in [7, 11) is 0. The highest BCUT2D eigenvalue weighted by Gasteiger charge is 2.03. The molecule has 0 fully saturated rings. The lowest BCUT2D eigenvalue weighted by Crippen LogP contribution is -2.05. The van der Waals surface area contributed by atoms with Crippen molar-refractivity contribution in [1.29, 1.82) is 0 Å². The van der Waals surface area contributed by atoms with Crippen molar-refractivity contribution in [2.45, 2.75) is 20.0 Å². The molecule has 0 bridgehead atoms. The third-order valence-electron chi connectivity index (χ3n) is 2.70. The molecule has 0 radical (unpaired) electrons. The van der Waals surface area contributed by atoms with E-state index in [1.165, 1.54) is 0 Å². The molecule has 0 heterocycles. The molecule has 0 aliphatic carbocycles. The molecular weight excluding hydrogens is 220 g/mol. The van der Waals surface area contributed by atoms with Crippen molar-refractivity contribution in [2.24, 2.45) is 0 Å². The molecule has 0 aromatic heterocycles. The van der Waals surface area contributed by atoms with Gasteiger partial charge in [-0.2, -0.15) is 0 Å². The summed E-state index contributed by atoms with van der Waals surface area (Å²) in [5, 5.41) is 0. The van der Waals surface area contributed by atoms with E-state index in [1.54, 1.807) is 0 Å². The van der Waals surface area contributed by atoms with E-state index in [4.69, 9.17) is 4.74 Å². The fourth-order valence-electron chi connectivity index (χ4n) is 1.81. The molecule has 0 saturated heterocycles. The average molecular weight is 238 g/mol. The Hall–Kier alpha value is -2.02. The Morgan fingerprint density at radius 2 is 1.44 bits per heavy atom. The molecule has 18 heavy (non-hydrogen) atoms. The molecule has 2 aromatic carbocycles. The van der Waals surface area contributed by atoms with E-state index in [2.05, 4.69) is 18.7 Å². The third-order valence-corrected chi connectivity index (χ3v) is 2.70. The molecule has 0 amide bonds. The second-order valence-electron chi connectivity index (χ2n) is 4.54. The Morgan fingerprint density at radius 1 is 0.889 bits per heavy atom. The van der Waals surface area contributed by atoms with E-state index in [1.807, 2.05) is 56.3 Å². The summed E-state index contributed by atoms with van der Waals surface area (Å²) < 4.78 is 5.62. The number of rotatable bonds is 4. The van der Waals surface area contributed by atoms with Crippen LogP contribution in [0.5, 0.6) is 5.75 Å². The van der Waals surface area contributed by atoms with Crippen LogP contribution in [-0.2, 0) is 0 Å². The van der Waals surface area contributed by atoms with Crippen LogP contribution in [0.15, 0.2) is 61.2 Å². The van der Waals surface area contributed by atoms with Gasteiger partial charge in [0.2, 0.25) is 0 Å². The summed E-state index contributed by atoms with van der Waals surface area (Å²) in [6.45, 7) is 8.19. The van der Waals surface area contributed by atoms with Crippen LogP contribution in [-0.4, -0.2) is 6.10 Å². The minimum absolute atomic E-state index is 0.202. The Balaban J connectivity index is 2.17. The lowest BCUT2D eigenvalue weighted by Gasteiger charge is -2.11. The SMILES string of the molecule is C=C(c1ccccc1)c1ccc(OC(C)C)cc1. The third kappa shape index (κ3) is 3.01. The van der Waals surface area contributed by atoms with Gasteiger partial charge in [0.15, 0.2) is 0 Å². The van der Waals surface area contributed by atoms with Crippen LogP contribution in [0.1, 0.15) is 25.0 Å². The molecule has 2 rings (SSSR count). The second-order valence-corrected chi connectivity index (χ2v) is 4.54. The molecule has 0 aliphatic rings. The van der Waals surface area contributed by atoms with Gasteiger partial charge in [-0.1, -0.05) is 49.0 Å². The van der Waals surface area contributed by atoms with E-state index in [0.29, 0.717) is 0 Å². The average Bonchev–Trinajstić information content (AvgIpc) is 2.39. The minimum atomic E-state index is 0.202. The van der Waals surface area contributed by atoms with Crippen LogP contribution in [0.2, 0.25) is 0 Å². The highest BCUT2D eigenvalue weighted by molar-refractivity contribution is 5.78. The van der Waals surface area contributed by atoms with Crippen LogP contribution in [0.3, 0.4) is 0 Å². The molecule has 0 unspecified atom stereocenters. The van der Waals surface area contributed by atoms with Crippen LogP contribution in [0.4, 0.5) is 0 Å². The molecule has 2 aromatic rings. The standard InChI is InChI=1S/C17H18O/c1-13(2)18-17-11-9-16(10-12-17)14(3)15-7-5-4-6-8-15/h4-13H,3H2,1-2H3. The Bertz CT molecular complexity index is 509. The maximum absolute atomic E-state index is 5.62. The number of hydrogen-bond donors (Lipinski definition) is 0. The highest BCUT2D eigenvalue weighted by Crippen LogP contribution is 2.23. The number of hydrogen-bond acceptors (Lipinski definition) is 1. The normalized spacial score (nSPS) is 10.4. The lowest BCUT2D eigenvalue weighted by molar-refractivity contribution is 0.242. The van der Waals surface area contributed by atoms with Crippen LogP contribution < -0.4 is 4.74 Å². The Labute approximate surface area is 109 Å². The van der Waals surface area contributed by atoms with Crippen molar-refractivity contribution in [1.82, 2.24) is 0 Å². The summed E-state index contributed by atoms with van der Waals surface area (Å²) in [5.41, 5.74) is 3.30. The highest BCUT2D eigenvalue weighted by atomic mass is 16.5. The first-order chi connectivity index (χ1) is 8.66. The Kier molecular flexibility index (Phi) is 3.83. The topological polar surface area (TPSA) is 9.23 Å². The predicted molar refractivity (Wildman–Crippen MR) is 76.8 cm³/mol. The van der Waals surface area contributed by atoms with E-state index in [9.17, 15) is 0 Å². The van der Waals surface area contributed by atoms with Crippen LogP contribution in [0.25, 0.3) is 5.57 Å². The van der Waals surface area contributed by atoms with Gasteiger partial charge in [0.05, 0.1) is 6.10 Å². The number of ether oxygens (including phenoxy) is 1. The van der Waals surface area contributed by atoms with E-state index in [-0.39, 0.29) is 6.10 Å². The van der Waals surface area contributed by atoms with Gasteiger partial charge in [0.1, 0.15) is 5.75 Å². The molecule has 1 heteroatoms. The number of benzene rings is 2. The fourth-order valence-corrected chi connectivity index (χ4v) is 1.81. The first-order valence-corrected chi connectivity index (χ1v) is 6.18. The van der Waals surface area contributed by atoms with Crippen LogP contribution in [0, 0.1) is 0 Å². The quantitative estimate of drug-likeness (QED) is 0.760.